The molecule has 116 valence electrons. The summed E-state index contributed by atoms with van der Waals surface area (Å²) in [6, 6.07) is 13.0. The van der Waals surface area contributed by atoms with Crippen LogP contribution >= 0.6 is 11.3 Å². The summed E-state index contributed by atoms with van der Waals surface area (Å²) in [6.07, 6.45) is 1.14. The van der Waals surface area contributed by atoms with Crippen LogP contribution < -0.4 is 0 Å². The lowest BCUT2D eigenvalue weighted by Crippen LogP contribution is -1.88. The zero-order valence-corrected chi connectivity index (χ0v) is 13.3. The average molecular weight is 335 g/mol. The molecule has 3 heterocycles. The molecule has 5 rings (SSSR count). The summed E-state index contributed by atoms with van der Waals surface area (Å²) in [6.45, 7) is -5.14. The summed E-state index contributed by atoms with van der Waals surface area (Å²) in [4.78, 5) is 4.29. The van der Waals surface area contributed by atoms with Gasteiger partial charge in [0.05, 0.1) is 5.69 Å². The number of furan rings is 1. The summed E-state index contributed by atoms with van der Waals surface area (Å²) in [5.74, 6) is 0. The zero-order valence-electron chi connectivity index (χ0n) is 18.5. The van der Waals surface area contributed by atoms with Crippen molar-refractivity contribution >= 4 is 43.4 Å². The number of thiophene rings is 1. The molecule has 0 fully saturated rings. The Labute approximate surface area is 151 Å². The van der Waals surface area contributed by atoms with Gasteiger partial charge in [0.25, 0.3) is 0 Å². The molecule has 0 amide bonds. The van der Waals surface area contributed by atoms with E-state index in [0.29, 0.717) is 16.8 Å². The molecular weight excluding hydrogens is 314 g/mol. The van der Waals surface area contributed by atoms with Crippen molar-refractivity contribution in [1.29, 1.82) is 0 Å². The van der Waals surface area contributed by atoms with Gasteiger partial charge in [-0.1, -0.05) is 12.1 Å². The van der Waals surface area contributed by atoms with E-state index < -0.39 is 13.7 Å². The van der Waals surface area contributed by atoms with Crippen molar-refractivity contribution in [3.8, 4) is 11.3 Å². The van der Waals surface area contributed by atoms with Crippen molar-refractivity contribution in [2.24, 2.45) is 0 Å². The van der Waals surface area contributed by atoms with E-state index in [4.69, 9.17) is 12.6 Å². The van der Waals surface area contributed by atoms with Crippen LogP contribution in [0.1, 0.15) is 19.4 Å². The largest absolute Gasteiger partial charge is 0.455 e. The van der Waals surface area contributed by atoms with Crippen molar-refractivity contribution in [3.05, 3.63) is 65.2 Å². The lowest BCUT2D eigenvalue weighted by atomic mass is 10.0. The third-order valence-corrected chi connectivity index (χ3v) is 5.16. The molecule has 0 radical (unpaired) electrons. The molecule has 24 heavy (non-hydrogen) atoms. The SMILES string of the molecule is [2H]C([2H])([2H])c1cnc(-c2cccc3c2oc2c4ccsc4ccc32)cc1C([2H])([2H])[2H]. The number of para-hydroxylation sites is 1. The number of fused-ring (bicyclic) bond motifs is 5. The lowest BCUT2D eigenvalue weighted by Gasteiger charge is -2.05. The molecular formula is C21H15NOS. The number of rotatable bonds is 1. The second kappa shape index (κ2) is 4.92. The summed E-state index contributed by atoms with van der Waals surface area (Å²) in [5.41, 5.74) is 1.86. The van der Waals surface area contributed by atoms with Gasteiger partial charge in [0, 0.05) is 40.8 Å². The highest BCUT2D eigenvalue weighted by Gasteiger charge is 2.15. The van der Waals surface area contributed by atoms with Crippen molar-refractivity contribution in [3.63, 3.8) is 0 Å². The number of pyridine rings is 1. The Balaban J connectivity index is 1.80. The quantitative estimate of drug-likeness (QED) is 0.350. The average Bonchev–Trinajstić information content (AvgIpc) is 3.30. The van der Waals surface area contributed by atoms with Crippen molar-refractivity contribution in [2.45, 2.75) is 13.7 Å². The van der Waals surface area contributed by atoms with Crippen LogP contribution in [0.15, 0.2) is 58.5 Å². The maximum Gasteiger partial charge on any atom is 0.144 e. The van der Waals surface area contributed by atoms with Gasteiger partial charge in [-0.3, -0.25) is 4.98 Å². The van der Waals surface area contributed by atoms with Crippen LogP contribution in [0.3, 0.4) is 0 Å². The van der Waals surface area contributed by atoms with Gasteiger partial charge in [-0.25, -0.2) is 0 Å². The first-order chi connectivity index (χ1) is 14.1. The normalized spacial score (nSPS) is 16.5. The van der Waals surface area contributed by atoms with Gasteiger partial charge in [0.1, 0.15) is 11.2 Å². The minimum atomic E-state index is -2.58. The van der Waals surface area contributed by atoms with Crippen LogP contribution in [-0.4, -0.2) is 4.98 Å². The third kappa shape index (κ3) is 1.85. The molecule has 0 saturated heterocycles. The minimum Gasteiger partial charge on any atom is -0.455 e. The summed E-state index contributed by atoms with van der Waals surface area (Å²) in [7, 11) is 0. The Bertz CT molecular complexity index is 1430. The monoisotopic (exact) mass is 335 g/mol. The molecule has 0 bridgehead atoms. The Hall–Kier alpha value is -2.65. The van der Waals surface area contributed by atoms with Crippen LogP contribution in [0.5, 0.6) is 0 Å². The molecule has 5 aromatic rings. The minimum absolute atomic E-state index is 0.221. The fourth-order valence-electron chi connectivity index (χ4n) is 3.10. The predicted molar refractivity (Wildman–Crippen MR) is 102 cm³/mol. The number of benzene rings is 2. The first-order valence-corrected chi connectivity index (χ1v) is 8.35. The topological polar surface area (TPSA) is 26.0 Å². The Morgan fingerprint density at radius 2 is 1.88 bits per heavy atom. The maximum absolute atomic E-state index is 7.81. The Kier molecular flexibility index (Phi) is 1.84. The fraction of sp³-hybridized carbons (Fsp3) is 0.0952. The molecule has 0 unspecified atom stereocenters. The molecule has 2 nitrogen and oxygen atoms in total. The van der Waals surface area contributed by atoms with Crippen LogP contribution in [-0.2, 0) is 0 Å². The number of aryl methyl sites for hydroxylation is 2. The lowest BCUT2D eigenvalue weighted by molar-refractivity contribution is 0.673. The van der Waals surface area contributed by atoms with E-state index in [-0.39, 0.29) is 11.1 Å². The summed E-state index contributed by atoms with van der Waals surface area (Å²) < 4.78 is 53.8. The van der Waals surface area contributed by atoms with E-state index in [2.05, 4.69) is 11.1 Å². The number of hydrogen-bond acceptors (Lipinski definition) is 3. The van der Waals surface area contributed by atoms with Crippen LogP contribution in [0, 0.1) is 13.7 Å². The first kappa shape index (κ1) is 9.00. The first-order valence-electron chi connectivity index (χ1n) is 10.5. The molecule has 0 aliphatic rings. The smallest absolute Gasteiger partial charge is 0.144 e. The highest BCUT2D eigenvalue weighted by Crippen LogP contribution is 2.39. The summed E-state index contributed by atoms with van der Waals surface area (Å²) in [5, 5.41) is 4.89. The predicted octanol–water partition coefficient (Wildman–Crippen LogP) is 6.48. The Morgan fingerprint density at radius 3 is 2.79 bits per heavy atom. The number of hydrogen-bond donors (Lipinski definition) is 0. The molecule has 0 saturated carbocycles. The van der Waals surface area contributed by atoms with Gasteiger partial charge in [-0.15, -0.1) is 11.3 Å². The van der Waals surface area contributed by atoms with E-state index >= 15 is 0 Å². The van der Waals surface area contributed by atoms with Gasteiger partial charge in [-0.2, -0.15) is 0 Å². The molecule has 0 atom stereocenters. The molecule has 0 aliphatic heterocycles. The van der Waals surface area contributed by atoms with Crippen molar-refractivity contribution in [2.75, 3.05) is 0 Å². The maximum atomic E-state index is 7.81. The molecule has 0 spiro atoms. The van der Waals surface area contributed by atoms with Gasteiger partial charge in [-0.05, 0) is 60.5 Å². The fourth-order valence-corrected chi connectivity index (χ4v) is 3.89. The van der Waals surface area contributed by atoms with Crippen LogP contribution in [0.4, 0.5) is 0 Å². The molecule has 0 N–H and O–H groups in total. The van der Waals surface area contributed by atoms with Gasteiger partial charge < -0.3 is 4.42 Å². The van der Waals surface area contributed by atoms with E-state index in [1.807, 2.05) is 29.6 Å². The van der Waals surface area contributed by atoms with Crippen LogP contribution in [0.2, 0.25) is 0 Å². The molecule has 3 aromatic heterocycles. The summed E-state index contributed by atoms with van der Waals surface area (Å²) >= 11 is 1.63. The number of nitrogens with zero attached hydrogens (tertiary/aromatic N) is 1. The van der Waals surface area contributed by atoms with E-state index in [9.17, 15) is 0 Å². The number of aromatic nitrogens is 1. The van der Waals surface area contributed by atoms with E-state index in [0.717, 1.165) is 32.6 Å². The highest BCUT2D eigenvalue weighted by atomic mass is 32.1. The molecule has 0 aliphatic carbocycles. The second-order valence-electron chi connectivity index (χ2n) is 5.67. The zero-order chi connectivity index (χ0) is 21.3. The van der Waals surface area contributed by atoms with E-state index in [1.165, 1.54) is 6.07 Å². The molecule has 3 heteroatoms. The van der Waals surface area contributed by atoms with Crippen LogP contribution in [0.25, 0.3) is 43.3 Å². The van der Waals surface area contributed by atoms with E-state index in [1.54, 1.807) is 17.4 Å². The molecule has 2 aromatic carbocycles. The van der Waals surface area contributed by atoms with Crippen molar-refractivity contribution in [1.82, 2.24) is 4.98 Å². The third-order valence-electron chi connectivity index (χ3n) is 4.28. The standard InChI is InChI=1S/C21H15NOS/c1-12-10-18(22-11-13(12)2)16-5-3-4-14-15-6-7-19-17(8-9-24-19)21(15)23-20(14)16/h3-11H,1-2H3/i1D3,2D3. The van der Waals surface area contributed by atoms with Gasteiger partial charge >= 0.3 is 0 Å². The van der Waals surface area contributed by atoms with Gasteiger partial charge in [0.15, 0.2) is 0 Å². The van der Waals surface area contributed by atoms with Gasteiger partial charge in [0.2, 0.25) is 0 Å². The Morgan fingerprint density at radius 1 is 0.958 bits per heavy atom. The second-order valence-corrected chi connectivity index (χ2v) is 6.62. The highest BCUT2D eigenvalue weighted by molar-refractivity contribution is 7.17. The van der Waals surface area contributed by atoms with Crippen molar-refractivity contribution < 1.29 is 12.6 Å².